The lowest BCUT2D eigenvalue weighted by Gasteiger charge is -2.33. The number of hydrogen-bond donors (Lipinski definition) is 2. The van der Waals surface area contributed by atoms with Gasteiger partial charge in [0.1, 0.15) is 0 Å². The summed E-state index contributed by atoms with van der Waals surface area (Å²) in [5.74, 6) is 1.33. The second kappa shape index (κ2) is 7.43. The van der Waals surface area contributed by atoms with E-state index in [0.29, 0.717) is 24.1 Å². The molecule has 0 saturated heterocycles. The Bertz CT molecular complexity index is 1150. The highest BCUT2D eigenvalue weighted by Crippen LogP contribution is 2.46. The first-order chi connectivity index (χ1) is 14.2. The van der Waals surface area contributed by atoms with Gasteiger partial charge in [-0.25, -0.2) is 0 Å². The molecule has 1 amide bonds. The van der Waals surface area contributed by atoms with Gasteiger partial charge in [-0.3, -0.25) is 24.8 Å². The molecule has 5 rings (SSSR count). The monoisotopic (exact) mass is 384 g/mol. The second-order valence-corrected chi connectivity index (χ2v) is 7.46. The summed E-state index contributed by atoms with van der Waals surface area (Å²) in [6, 6.07) is 11.7. The molecule has 1 aliphatic rings. The molecule has 0 spiro atoms. The van der Waals surface area contributed by atoms with Crippen LogP contribution in [0.5, 0.6) is 0 Å². The Morgan fingerprint density at radius 2 is 2.00 bits per heavy atom. The predicted octanol–water partition coefficient (Wildman–Crippen LogP) is 3.59. The molecule has 7 nitrogen and oxygen atoms in total. The molecule has 1 fully saturated rings. The average molecular weight is 384 g/mol. The molecule has 7 heteroatoms. The topological polar surface area (TPSA) is 96.5 Å². The number of carbonyl (C=O) groups is 1. The van der Waals surface area contributed by atoms with Gasteiger partial charge < -0.3 is 5.32 Å². The number of benzene rings is 1. The lowest BCUT2D eigenvalue weighted by atomic mass is 9.72. The molecule has 1 aromatic carbocycles. The molecule has 0 aliphatic heterocycles. The third-order valence-electron chi connectivity index (χ3n) is 5.48. The number of aromatic nitrogens is 5. The minimum atomic E-state index is -0.0858. The van der Waals surface area contributed by atoms with Crippen molar-refractivity contribution in [1.82, 2.24) is 25.1 Å². The molecule has 144 valence electrons. The normalized spacial score (nSPS) is 18.3. The number of anilines is 1. The fourth-order valence-electron chi connectivity index (χ4n) is 3.85. The minimum Gasteiger partial charge on any atom is -0.309 e. The second-order valence-electron chi connectivity index (χ2n) is 7.46. The van der Waals surface area contributed by atoms with E-state index in [9.17, 15) is 4.79 Å². The third kappa shape index (κ3) is 3.71. The van der Waals surface area contributed by atoms with Crippen molar-refractivity contribution < 1.29 is 4.79 Å². The Morgan fingerprint density at radius 1 is 1.07 bits per heavy atom. The van der Waals surface area contributed by atoms with Gasteiger partial charge in [-0.2, -0.15) is 5.10 Å². The third-order valence-corrected chi connectivity index (χ3v) is 5.48. The van der Waals surface area contributed by atoms with Crippen molar-refractivity contribution in [2.75, 3.05) is 5.32 Å². The highest BCUT2D eigenvalue weighted by atomic mass is 16.1. The van der Waals surface area contributed by atoms with Crippen LogP contribution in [-0.2, 0) is 11.2 Å². The van der Waals surface area contributed by atoms with E-state index in [1.54, 1.807) is 18.6 Å². The molecular formula is C22H20N6O. The highest BCUT2D eigenvalue weighted by molar-refractivity contribution is 5.92. The number of aromatic amines is 1. The number of hydrogen-bond acceptors (Lipinski definition) is 5. The Kier molecular flexibility index (Phi) is 4.48. The van der Waals surface area contributed by atoms with Crippen LogP contribution in [-0.4, -0.2) is 31.1 Å². The van der Waals surface area contributed by atoms with Crippen molar-refractivity contribution in [2.45, 2.75) is 31.1 Å². The average Bonchev–Trinajstić information content (AvgIpc) is 3.15. The summed E-state index contributed by atoms with van der Waals surface area (Å²) in [7, 11) is 0. The lowest BCUT2D eigenvalue weighted by Crippen LogP contribution is -2.21. The number of fused-ring (bicyclic) bond motifs is 1. The van der Waals surface area contributed by atoms with Crippen LogP contribution in [0.25, 0.3) is 10.9 Å². The van der Waals surface area contributed by atoms with Crippen LogP contribution < -0.4 is 5.32 Å². The van der Waals surface area contributed by atoms with Crippen molar-refractivity contribution in [1.29, 1.82) is 0 Å². The number of pyridine rings is 1. The number of amides is 1. The first kappa shape index (κ1) is 17.5. The van der Waals surface area contributed by atoms with Crippen LogP contribution in [0.15, 0.2) is 61.2 Å². The van der Waals surface area contributed by atoms with Gasteiger partial charge in [-0.1, -0.05) is 12.1 Å². The van der Waals surface area contributed by atoms with E-state index in [-0.39, 0.29) is 5.91 Å². The van der Waals surface area contributed by atoms with Crippen LogP contribution in [0, 0.1) is 0 Å². The van der Waals surface area contributed by atoms with Crippen LogP contribution in [0.4, 0.5) is 5.82 Å². The molecule has 29 heavy (non-hydrogen) atoms. The van der Waals surface area contributed by atoms with Crippen LogP contribution in [0.2, 0.25) is 0 Å². The highest BCUT2D eigenvalue weighted by Gasteiger charge is 2.33. The fraction of sp³-hybridized carbons (Fsp3) is 0.227. The maximum atomic E-state index is 12.4. The van der Waals surface area contributed by atoms with Gasteiger partial charge in [0.25, 0.3) is 0 Å². The van der Waals surface area contributed by atoms with E-state index in [0.717, 1.165) is 40.7 Å². The van der Waals surface area contributed by atoms with Crippen LogP contribution in [0.1, 0.15) is 41.6 Å². The number of H-pyrrole nitrogens is 1. The standard InChI is InChI=1S/C22H20N6O/c29-22(9-14-3-4-18-15(8-14)2-1-5-24-18)26-21-12-19(27-28-21)16-10-17(11-16)20-13-23-6-7-25-20/h1-8,12-13,16-17H,9-11H2,(H2,26,27,28,29). The molecule has 1 aliphatic carbocycles. The van der Waals surface area contributed by atoms with Crippen molar-refractivity contribution in [2.24, 2.45) is 0 Å². The SMILES string of the molecule is O=C(Cc1ccc2ncccc2c1)Nc1cc(C2CC(c3cnccn3)C2)[nH]n1. The summed E-state index contributed by atoms with van der Waals surface area (Å²) in [6.07, 6.45) is 9.35. The molecule has 0 bridgehead atoms. The summed E-state index contributed by atoms with van der Waals surface area (Å²) in [4.78, 5) is 25.2. The zero-order valence-corrected chi connectivity index (χ0v) is 15.7. The van der Waals surface area contributed by atoms with Gasteiger partial charge >= 0.3 is 0 Å². The number of carbonyl (C=O) groups excluding carboxylic acids is 1. The quantitative estimate of drug-likeness (QED) is 0.548. The van der Waals surface area contributed by atoms with E-state index in [2.05, 4.69) is 30.5 Å². The van der Waals surface area contributed by atoms with Gasteiger partial charge in [0.05, 0.1) is 17.6 Å². The Balaban J connectivity index is 1.18. The fourth-order valence-corrected chi connectivity index (χ4v) is 3.85. The Labute approximate surface area is 167 Å². The number of rotatable bonds is 5. The van der Waals surface area contributed by atoms with E-state index in [4.69, 9.17) is 0 Å². The predicted molar refractivity (Wildman–Crippen MR) is 109 cm³/mol. The van der Waals surface area contributed by atoms with Crippen LogP contribution in [0.3, 0.4) is 0 Å². The molecule has 3 heterocycles. The molecule has 4 aromatic rings. The summed E-state index contributed by atoms with van der Waals surface area (Å²) in [5, 5.41) is 11.2. The maximum Gasteiger partial charge on any atom is 0.229 e. The molecule has 3 aromatic heterocycles. The molecular weight excluding hydrogens is 364 g/mol. The molecule has 0 radical (unpaired) electrons. The van der Waals surface area contributed by atoms with Crippen molar-refractivity contribution >= 4 is 22.6 Å². The van der Waals surface area contributed by atoms with Crippen molar-refractivity contribution in [3.63, 3.8) is 0 Å². The van der Waals surface area contributed by atoms with Gasteiger partial charge in [-0.05, 0) is 36.6 Å². The van der Waals surface area contributed by atoms with E-state index >= 15 is 0 Å². The van der Waals surface area contributed by atoms with E-state index in [1.165, 1.54) is 0 Å². The first-order valence-electron chi connectivity index (χ1n) is 9.69. The van der Waals surface area contributed by atoms with Gasteiger partial charge in [0.2, 0.25) is 5.91 Å². The Morgan fingerprint density at radius 3 is 2.86 bits per heavy atom. The minimum absolute atomic E-state index is 0.0858. The number of nitrogens with zero attached hydrogens (tertiary/aromatic N) is 4. The molecule has 0 unspecified atom stereocenters. The summed E-state index contributed by atoms with van der Waals surface area (Å²) in [5.41, 5.74) is 3.97. The molecule has 2 N–H and O–H groups in total. The smallest absolute Gasteiger partial charge is 0.229 e. The van der Waals surface area contributed by atoms with E-state index in [1.807, 2.05) is 42.6 Å². The van der Waals surface area contributed by atoms with Gasteiger partial charge in [0, 0.05) is 53.8 Å². The van der Waals surface area contributed by atoms with Crippen LogP contribution >= 0.6 is 0 Å². The summed E-state index contributed by atoms with van der Waals surface area (Å²) in [6.45, 7) is 0. The Hall–Kier alpha value is -3.61. The van der Waals surface area contributed by atoms with Crippen molar-refractivity contribution in [3.05, 3.63) is 78.1 Å². The first-order valence-corrected chi connectivity index (χ1v) is 9.69. The van der Waals surface area contributed by atoms with Crippen molar-refractivity contribution in [3.8, 4) is 0 Å². The maximum absolute atomic E-state index is 12.4. The molecule has 0 atom stereocenters. The summed E-state index contributed by atoms with van der Waals surface area (Å²) >= 11 is 0. The number of nitrogens with one attached hydrogen (secondary N) is 2. The zero-order chi connectivity index (χ0) is 19.6. The van der Waals surface area contributed by atoms with E-state index < -0.39 is 0 Å². The molecule has 1 saturated carbocycles. The lowest BCUT2D eigenvalue weighted by molar-refractivity contribution is -0.115. The van der Waals surface area contributed by atoms with Gasteiger partial charge in [-0.15, -0.1) is 0 Å². The summed E-state index contributed by atoms with van der Waals surface area (Å²) < 4.78 is 0. The largest absolute Gasteiger partial charge is 0.309 e. The zero-order valence-electron chi connectivity index (χ0n) is 15.7. The van der Waals surface area contributed by atoms with Gasteiger partial charge in [0.15, 0.2) is 5.82 Å².